The molecule has 0 saturated heterocycles. The number of rotatable bonds is 6. The molecular formula is C12H14Cl2N2O3. The van der Waals surface area contributed by atoms with Gasteiger partial charge in [-0.2, -0.15) is 0 Å². The number of carboxylic acid groups (broad SMARTS) is 1. The third-order valence-electron chi connectivity index (χ3n) is 2.30. The number of para-hydroxylation sites is 1. The molecule has 0 aliphatic carbocycles. The van der Waals surface area contributed by atoms with Gasteiger partial charge in [-0.1, -0.05) is 29.3 Å². The van der Waals surface area contributed by atoms with Crippen molar-refractivity contribution < 1.29 is 14.7 Å². The monoisotopic (exact) mass is 304 g/mol. The number of aliphatic carboxylic acids is 1. The van der Waals surface area contributed by atoms with Crippen LogP contribution < -0.4 is 10.6 Å². The zero-order valence-electron chi connectivity index (χ0n) is 10.1. The summed E-state index contributed by atoms with van der Waals surface area (Å²) >= 11 is 11.8. The number of carbonyl (C=O) groups is 2. The van der Waals surface area contributed by atoms with Gasteiger partial charge in [0, 0.05) is 13.0 Å². The van der Waals surface area contributed by atoms with Gasteiger partial charge in [0.05, 0.1) is 15.7 Å². The molecule has 1 aromatic rings. The highest BCUT2D eigenvalue weighted by molar-refractivity contribution is 6.39. The van der Waals surface area contributed by atoms with Crippen molar-refractivity contribution in [1.82, 2.24) is 5.32 Å². The second kappa shape index (κ2) is 7.86. The minimum absolute atomic E-state index is 0.0969. The highest BCUT2D eigenvalue weighted by atomic mass is 35.5. The SMILES string of the molecule is O=C(O)CCCCNC(=O)Nc1c(Cl)cccc1Cl. The van der Waals surface area contributed by atoms with Crippen molar-refractivity contribution in [2.45, 2.75) is 19.3 Å². The quantitative estimate of drug-likeness (QED) is 0.705. The first-order chi connectivity index (χ1) is 9.00. The molecule has 104 valence electrons. The Bertz CT molecular complexity index is 446. The topological polar surface area (TPSA) is 78.4 Å². The average Bonchev–Trinajstić information content (AvgIpc) is 2.33. The van der Waals surface area contributed by atoms with Gasteiger partial charge in [0.25, 0.3) is 0 Å². The van der Waals surface area contributed by atoms with Crippen LogP contribution in [0.15, 0.2) is 18.2 Å². The molecule has 0 bridgehead atoms. The number of urea groups is 1. The summed E-state index contributed by atoms with van der Waals surface area (Å²) in [7, 11) is 0. The first-order valence-electron chi connectivity index (χ1n) is 5.71. The van der Waals surface area contributed by atoms with Crippen molar-refractivity contribution in [3.05, 3.63) is 28.2 Å². The van der Waals surface area contributed by atoms with Crippen LogP contribution in [0, 0.1) is 0 Å². The van der Waals surface area contributed by atoms with Crippen LogP contribution in [0.25, 0.3) is 0 Å². The number of hydrogen-bond donors (Lipinski definition) is 3. The number of anilines is 1. The minimum atomic E-state index is -0.840. The van der Waals surface area contributed by atoms with E-state index in [0.29, 0.717) is 35.1 Å². The number of halogens is 2. The van der Waals surface area contributed by atoms with Gasteiger partial charge in [0.1, 0.15) is 0 Å². The summed E-state index contributed by atoms with van der Waals surface area (Å²) < 4.78 is 0. The predicted molar refractivity (Wildman–Crippen MR) is 75.0 cm³/mol. The second-order valence-electron chi connectivity index (χ2n) is 3.83. The molecule has 0 spiro atoms. The van der Waals surface area contributed by atoms with E-state index in [0.717, 1.165) is 0 Å². The Morgan fingerprint density at radius 2 is 1.79 bits per heavy atom. The average molecular weight is 305 g/mol. The van der Waals surface area contributed by atoms with E-state index < -0.39 is 12.0 Å². The van der Waals surface area contributed by atoms with E-state index in [2.05, 4.69) is 10.6 Å². The Balaban J connectivity index is 2.33. The molecule has 1 aromatic carbocycles. The van der Waals surface area contributed by atoms with Crippen molar-refractivity contribution in [2.24, 2.45) is 0 Å². The van der Waals surface area contributed by atoms with Gasteiger partial charge in [-0.05, 0) is 25.0 Å². The van der Waals surface area contributed by atoms with Crippen LogP contribution in [0.1, 0.15) is 19.3 Å². The van der Waals surface area contributed by atoms with Crippen LogP contribution in [-0.4, -0.2) is 23.7 Å². The standard InChI is InChI=1S/C12H14Cl2N2O3/c13-8-4-3-5-9(14)11(8)16-12(19)15-7-2-1-6-10(17)18/h3-5H,1-2,6-7H2,(H,17,18)(H2,15,16,19). The number of amides is 2. The number of hydrogen-bond acceptors (Lipinski definition) is 2. The minimum Gasteiger partial charge on any atom is -0.481 e. The van der Waals surface area contributed by atoms with Crippen LogP contribution in [0.2, 0.25) is 10.0 Å². The molecule has 0 aliphatic rings. The molecule has 0 aromatic heterocycles. The van der Waals surface area contributed by atoms with Gasteiger partial charge in [-0.15, -0.1) is 0 Å². The lowest BCUT2D eigenvalue weighted by atomic mass is 10.2. The van der Waals surface area contributed by atoms with E-state index in [9.17, 15) is 9.59 Å². The Labute approximate surface area is 120 Å². The lowest BCUT2D eigenvalue weighted by Gasteiger charge is -2.10. The van der Waals surface area contributed by atoms with Gasteiger partial charge >= 0.3 is 12.0 Å². The molecular weight excluding hydrogens is 291 g/mol. The molecule has 7 heteroatoms. The zero-order valence-corrected chi connectivity index (χ0v) is 11.6. The molecule has 0 unspecified atom stereocenters. The number of unbranched alkanes of at least 4 members (excludes halogenated alkanes) is 1. The number of benzene rings is 1. The van der Waals surface area contributed by atoms with Crippen molar-refractivity contribution in [3.8, 4) is 0 Å². The van der Waals surface area contributed by atoms with Crippen LogP contribution in [0.5, 0.6) is 0 Å². The third kappa shape index (κ3) is 5.81. The lowest BCUT2D eigenvalue weighted by molar-refractivity contribution is -0.137. The van der Waals surface area contributed by atoms with Crippen molar-refractivity contribution in [2.75, 3.05) is 11.9 Å². The highest BCUT2D eigenvalue weighted by Crippen LogP contribution is 2.29. The maximum Gasteiger partial charge on any atom is 0.319 e. The molecule has 2 amide bonds. The summed E-state index contributed by atoms with van der Waals surface area (Å²) in [5.41, 5.74) is 0.355. The molecule has 0 saturated carbocycles. The van der Waals surface area contributed by atoms with Crippen LogP contribution in [0.4, 0.5) is 10.5 Å². The molecule has 19 heavy (non-hydrogen) atoms. The Morgan fingerprint density at radius 1 is 1.16 bits per heavy atom. The smallest absolute Gasteiger partial charge is 0.319 e. The van der Waals surface area contributed by atoms with Crippen LogP contribution >= 0.6 is 23.2 Å². The normalized spacial score (nSPS) is 10.0. The number of carboxylic acids is 1. The van der Waals surface area contributed by atoms with E-state index >= 15 is 0 Å². The Hall–Kier alpha value is -1.46. The molecule has 3 N–H and O–H groups in total. The van der Waals surface area contributed by atoms with Gasteiger partial charge in [-0.3, -0.25) is 4.79 Å². The molecule has 0 heterocycles. The maximum atomic E-state index is 11.6. The summed E-state index contributed by atoms with van der Waals surface area (Å²) in [6, 6.07) is 4.50. The number of carbonyl (C=O) groups excluding carboxylic acids is 1. The van der Waals surface area contributed by atoms with Crippen LogP contribution in [0.3, 0.4) is 0 Å². The summed E-state index contributed by atoms with van der Waals surface area (Å²) in [6.07, 6.45) is 1.21. The molecule has 0 atom stereocenters. The molecule has 0 aliphatic heterocycles. The van der Waals surface area contributed by atoms with E-state index in [-0.39, 0.29) is 6.42 Å². The van der Waals surface area contributed by atoms with E-state index in [1.807, 2.05) is 0 Å². The number of nitrogens with one attached hydrogen (secondary N) is 2. The first-order valence-corrected chi connectivity index (χ1v) is 6.47. The van der Waals surface area contributed by atoms with Crippen LogP contribution in [-0.2, 0) is 4.79 Å². The molecule has 1 rings (SSSR count). The molecule has 0 fully saturated rings. The van der Waals surface area contributed by atoms with E-state index in [4.69, 9.17) is 28.3 Å². The van der Waals surface area contributed by atoms with Gasteiger partial charge in [0.2, 0.25) is 0 Å². The summed E-state index contributed by atoms with van der Waals surface area (Å²) in [4.78, 5) is 21.8. The molecule has 0 radical (unpaired) electrons. The second-order valence-corrected chi connectivity index (χ2v) is 4.64. The third-order valence-corrected chi connectivity index (χ3v) is 2.93. The maximum absolute atomic E-state index is 11.6. The van der Waals surface area contributed by atoms with Crippen molar-refractivity contribution >= 4 is 40.9 Å². The fourth-order valence-corrected chi connectivity index (χ4v) is 1.87. The van der Waals surface area contributed by atoms with E-state index in [1.54, 1.807) is 18.2 Å². The Kier molecular flexibility index (Phi) is 6.45. The zero-order chi connectivity index (χ0) is 14.3. The molecule has 5 nitrogen and oxygen atoms in total. The highest BCUT2D eigenvalue weighted by Gasteiger charge is 2.08. The Morgan fingerprint density at radius 3 is 2.37 bits per heavy atom. The fraction of sp³-hybridized carbons (Fsp3) is 0.333. The summed E-state index contributed by atoms with van der Waals surface area (Å²) in [5.74, 6) is -0.840. The lowest BCUT2D eigenvalue weighted by Crippen LogP contribution is -2.29. The largest absolute Gasteiger partial charge is 0.481 e. The summed E-state index contributed by atoms with van der Waals surface area (Å²) in [5, 5.41) is 14.3. The summed E-state index contributed by atoms with van der Waals surface area (Å²) in [6.45, 7) is 0.390. The van der Waals surface area contributed by atoms with Gasteiger partial charge in [0.15, 0.2) is 0 Å². The van der Waals surface area contributed by atoms with Crippen molar-refractivity contribution in [1.29, 1.82) is 0 Å². The predicted octanol–water partition coefficient (Wildman–Crippen LogP) is 3.37. The van der Waals surface area contributed by atoms with Crippen molar-refractivity contribution in [3.63, 3.8) is 0 Å². The first kappa shape index (κ1) is 15.6. The van der Waals surface area contributed by atoms with Gasteiger partial charge < -0.3 is 15.7 Å². The fourth-order valence-electron chi connectivity index (χ4n) is 1.38. The van der Waals surface area contributed by atoms with E-state index in [1.165, 1.54) is 0 Å². The van der Waals surface area contributed by atoms with Gasteiger partial charge in [-0.25, -0.2) is 4.79 Å².